The number of benzene rings is 1. The van der Waals surface area contributed by atoms with Crippen LogP contribution in [-0.4, -0.2) is 5.24 Å². The summed E-state index contributed by atoms with van der Waals surface area (Å²) in [6, 6.07) is 5.51. The van der Waals surface area contributed by atoms with Crippen LogP contribution in [0.5, 0.6) is 0 Å². The van der Waals surface area contributed by atoms with Gasteiger partial charge in [0.15, 0.2) is 0 Å². The number of nitrogens with two attached hydrogens (primary N) is 1. The van der Waals surface area contributed by atoms with Gasteiger partial charge < -0.3 is 11.1 Å². The van der Waals surface area contributed by atoms with E-state index < -0.39 is 0 Å². The molecule has 1 aliphatic heterocycles. The van der Waals surface area contributed by atoms with E-state index in [1.165, 1.54) is 11.8 Å². The Balaban J connectivity index is 2.43. The summed E-state index contributed by atoms with van der Waals surface area (Å²) in [5.74, 6) is 0.714. The Labute approximate surface area is 74.3 Å². The van der Waals surface area contributed by atoms with Crippen molar-refractivity contribution in [3.8, 4) is 0 Å². The third-order valence-corrected chi connectivity index (χ3v) is 2.54. The van der Waals surface area contributed by atoms with Gasteiger partial charge in [0.2, 0.25) is 0 Å². The summed E-state index contributed by atoms with van der Waals surface area (Å²) in [6.45, 7) is 0. The molecule has 2 rings (SSSR count). The Morgan fingerprint density at radius 3 is 3.17 bits per heavy atom. The van der Waals surface area contributed by atoms with Gasteiger partial charge >= 0.3 is 0 Å². The minimum atomic E-state index is 0.00673. The van der Waals surface area contributed by atoms with Crippen molar-refractivity contribution in [1.82, 2.24) is 0 Å². The van der Waals surface area contributed by atoms with Gasteiger partial charge in [0, 0.05) is 17.1 Å². The fraction of sp³-hybridized carbons (Fsp3) is 0.125. The van der Waals surface area contributed by atoms with E-state index in [-0.39, 0.29) is 5.24 Å². The summed E-state index contributed by atoms with van der Waals surface area (Å²) in [7, 11) is 0. The molecular weight excluding hydrogens is 172 g/mol. The van der Waals surface area contributed by atoms with E-state index in [0.29, 0.717) is 5.75 Å². The number of nitrogens with one attached hydrogen (secondary N) is 1. The van der Waals surface area contributed by atoms with E-state index in [9.17, 15) is 4.79 Å². The maximum Gasteiger partial charge on any atom is 0.283 e. The van der Waals surface area contributed by atoms with Crippen LogP contribution in [0, 0.1) is 0 Å². The molecule has 0 unspecified atom stereocenters. The van der Waals surface area contributed by atoms with Crippen molar-refractivity contribution in [2.45, 2.75) is 5.75 Å². The minimum Gasteiger partial charge on any atom is -0.399 e. The van der Waals surface area contributed by atoms with Crippen LogP contribution in [0.15, 0.2) is 18.2 Å². The van der Waals surface area contributed by atoms with Crippen molar-refractivity contribution in [1.29, 1.82) is 0 Å². The average molecular weight is 180 g/mol. The second kappa shape index (κ2) is 2.71. The smallest absolute Gasteiger partial charge is 0.283 e. The number of amides is 1. The molecule has 1 heterocycles. The number of rotatable bonds is 0. The highest BCUT2D eigenvalue weighted by atomic mass is 32.2. The van der Waals surface area contributed by atoms with Gasteiger partial charge in [0.1, 0.15) is 0 Å². The second-order valence-electron chi connectivity index (χ2n) is 2.62. The molecular formula is C8H8N2OS. The molecule has 0 spiro atoms. The molecule has 3 nitrogen and oxygen atoms in total. The van der Waals surface area contributed by atoms with Crippen molar-refractivity contribution in [2.24, 2.45) is 0 Å². The van der Waals surface area contributed by atoms with Crippen molar-refractivity contribution < 1.29 is 4.79 Å². The van der Waals surface area contributed by atoms with E-state index in [1.54, 1.807) is 6.07 Å². The quantitative estimate of drug-likeness (QED) is 0.601. The summed E-state index contributed by atoms with van der Waals surface area (Å²) in [5, 5.41) is 2.76. The second-order valence-corrected chi connectivity index (χ2v) is 3.57. The first kappa shape index (κ1) is 7.49. The number of nitrogen functional groups attached to an aromatic ring is 1. The molecule has 4 heteroatoms. The zero-order chi connectivity index (χ0) is 8.55. The number of hydrogen-bond donors (Lipinski definition) is 2. The van der Waals surface area contributed by atoms with Crippen LogP contribution in [0.2, 0.25) is 0 Å². The fourth-order valence-electron chi connectivity index (χ4n) is 1.14. The van der Waals surface area contributed by atoms with Crippen molar-refractivity contribution in [3.63, 3.8) is 0 Å². The molecule has 1 aliphatic rings. The van der Waals surface area contributed by atoms with Crippen LogP contribution >= 0.6 is 11.8 Å². The van der Waals surface area contributed by atoms with E-state index in [1.807, 2.05) is 12.1 Å². The number of carbonyl (C=O) groups excluding carboxylic acids is 1. The molecule has 0 atom stereocenters. The number of hydrogen-bond acceptors (Lipinski definition) is 3. The lowest BCUT2D eigenvalue weighted by molar-refractivity contribution is 0.269. The summed E-state index contributed by atoms with van der Waals surface area (Å²) in [5.41, 5.74) is 8.31. The molecule has 12 heavy (non-hydrogen) atoms. The summed E-state index contributed by atoms with van der Waals surface area (Å²) in [6.07, 6.45) is 0. The van der Waals surface area contributed by atoms with Crippen LogP contribution in [0.1, 0.15) is 5.56 Å². The van der Waals surface area contributed by atoms with Gasteiger partial charge in [-0.05, 0) is 23.8 Å². The maximum atomic E-state index is 10.9. The van der Waals surface area contributed by atoms with Gasteiger partial charge in [-0.2, -0.15) is 0 Å². The maximum absolute atomic E-state index is 10.9. The zero-order valence-electron chi connectivity index (χ0n) is 6.33. The van der Waals surface area contributed by atoms with Crippen LogP contribution in [-0.2, 0) is 5.75 Å². The van der Waals surface area contributed by atoms with Crippen LogP contribution in [0.25, 0.3) is 0 Å². The summed E-state index contributed by atoms with van der Waals surface area (Å²) < 4.78 is 0. The predicted molar refractivity (Wildman–Crippen MR) is 51.2 cm³/mol. The highest BCUT2D eigenvalue weighted by Crippen LogP contribution is 2.29. The Bertz CT molecular complexity index is 338. The van der Waals surface area contributed by atoms with Gasteiger partial charge in [-0.25, -0.2) is 0 Å². The molecule has 0 bridgehead atoms. The molecule has 0 aliphatic carbocycles. The third kappa shape index (κ3) is 1.25. The third-order valence-electron chi connectivity index (χ3n) is 1.72. The summed E-state index contributed by atoms with van der Waals surface area (Å²) in [4.78, 5) is 10.9. The molecule has 0 saturated carbocycles. The number of thioether (sulfide) groups is 1. The molecule has 0 aromatic heterocycles. The van der Waals surface area contributed by atoms with Crippen molar-refractivity contribution in [2.75, 3.05) is 11.1 Å². The van der Waals surface area contributed by atoms with E-state index >= 15 is 0 Å². The first-order chi connectivity index (χ1) is 5.75. The van der Waals surface area contributed by atoms with Gasteiger partial charge in [-0.3, -0.25) is 4.79 Å². The van der Waals surface area contributed by atoms with Gasteiger partial charge in [0.05, 0.1) is 0 Å². The Morgan fingerprint density at radius 2 is 2.33 bits per heavy atom. The Kier molecular flexibility index (Phi) is 1.69. The van der Waals surface area contributed by atoms with E-state index in [0.717, 1.165) is 16.9 Å². The van der Waals surface area contributed by atoms with Crippen LogP contribution < -0.4 is 11.1 Å². The monoisotopic (exact) mass is 180 g/mol. The highest BCUT2D eigenvalue weighted by molar-refractivity contribution is 8.13. The predicted octanol–water partition coefficient (Wildman–Crippen LogP) is 2.05. The standard InChI is InChI=1S/C8H8N2OS/c9-6-1-2-7-5(3-6)4-12-8(11)10-7/h1-3H,4,9H2,(H,10,11). The molecule has 62 valence electrons. The molecule has 3 N–H and O–H groups in total. The SMILES string of the molecule is Nc1ccc2c(c1)CSC(=O)N2. The number of carbonyl (C=O) groups is 1. The Morgan fingerprint density at radius 1 is 1.50 bits per heavy atom. The molecule has 0 fully saturated rings. The minimum absolute atomic E-state index is 0.00673. The fourth-order valence-corrected chi connectivity index (χ4v) is 1.85. The lowest BCUT2D eigenvalue weighted by Crippen LogP contribution is -2.12. The molecule has 1 amide bonds. The van der Waals surface area contributed by atoms with E-state index in [4.69, 9.17) is 5.73 Å². The van der Waals surface area contributed by atoms with E-state index in [2.05, 4.69) is 5.32 Å². The molecule has 0 radical (unpaired) electrons. The normalized spacial score (nSPS) is 15.2. The lowest BCUT2D eigenvalue weighted by atomic mass is 10.2. The lowest BCUT2D eigenvalue weighted by Gasteiger charge is -2.15. The van der Waals surface area contributed by atoms with Gasteiger partial charge in [0.25, 0.3) is 5.24 Å². The largest absolute Gasteiger partial charge is 0.399 e. The van der Waals surface area contributed by atoms with Crippen LogP contribution in [0.4, 0.5) is 16.2 Å². The molecule has 0 saturated heterocycles. The zero-order valence-corrected chi connectivity index (χ0v) is 7.15. The van der Waals surface area contributed by atoms with Gasteiger partial charge in [-0.15, -0.1) is 0 Å². The topological polar surface area (TPSA) is 55.1 Å². The highest BCUT2D eigenvalue weighted by Gasteiger charge is 2.14. The number of anilines is 2. The first-order valence-corrected chi connectivity index (χ1v) is 4.56. The van der Waals surface area contributed by atoms with Crippen molar-refractivity contribution >= 4 is 28.4 Å². The average Bonchev–Trinajstić information content (AvgIpc) is 2.05. The molecule has 1 aromatic carbocycles. The summed E-state index contributed by atoms with van der Waals surface area (Å²) >= 11 is 1.26. The van der Waals surface area contributed by atoms with Crippen LogP contribution in [0.3, 0.4) is 0 Å². The Hall–Kier alpha value is -1.16. The molecule has 1 aromatic rings. The first-order valence-electron chi connectivity index (χ1n) is 3.58. The van der Waals surface area contributed by atoms with Crippen molar-refractivity contribution in [3.05, 3.63) is 23.8 Å². The van der Waals surface area contributed by atoms with Gasteiger partial charge in [-0.1, -0.05) is 11.8 Å². The number of fused-ring (bicyclic) bond motifs is 1.